The van der Waals surface area contributed by atoms with Crippen molar-refractivity contribution in [2.24, 2.45) is 5.92 Å². The first kappa shape index (κ1) is 7.29. The van der Waals surface area contributed by atoms with Gasteiger partial charge in [-0.3, -0.25) is 0 Å². The van der Waals surface area contributed by atoms with Crippen LogP contribution in [0.2, 0.25) is 6.04 Å². The Morgan fingerprint density at radius 3 is 3.00 bits per heavy atom. The molecule has 0 saturated carbocycles. The van der Waals surface area contributed by atoms with E-state index in [1.54, 1.807) is 0 Å². The van der Waals surface area contributed by atoms with E-state index in [0.717, 1.165) is 19.1 Å². The van der Waals surface area contributed by atoms with Crippen LogP contribution in [0.25, 0.3) is 0 Å². The van der Waals surface area contributed by atoms with E-state index >= 15 is 0 Å². The lowest BCUT2D eigenvalue weighted by Gasteiger charge is -2.03. The Hall–Kier alpha value is 0.177. The zero-order valence-electron chi connectivity index (χ0n) is 6.23. The summed E-state index contributed by atoms with van der Waals surface area (Å²) in [5, 5.41) is 0. The van der Waals surface area contributed by atoms with Gasteiger partial charge in [-0.1, -0.05) is 12.5 Å². The molecule has 0 amide bonds. The first-order chi connectivity index (χ1) is 4.43. The molecular formula is C7H16OSi. The van der Waals surface area contributed by atoms with Gasteiger partial charge in [0.25, 0.3) is 0 Å². The van der Waals surface area contributed by atoms with Crippen molar-refractivity contribution in [2.45, 2.75) is 25.3 Å². The average molecular weight is 144 g/mol. The summed E-state index contributed by atoms with van der Waals surface area (Å²) in [6.07, 6.45) is 4.19. The highest BCUT2D eigenvalue weighted by Gasteiger charge is 2.13. The van der Waals surface area contributed by atoms with E-state index in [1.165, 1.54) is 35.5 Å². The van der Waals surface area contributed by atoms with E-state index in [1.807, 2.05) is 0 Å². The summed E-state index contributed by atoms with van der Waals surface area (Å²) >= 11 is 0. The third-order valence-electron chi connectivity index (χ3n) is 1.99. The Balaban J connectivity index is 1.98. The van der Waals surface area contributed by atoms with Crippen LogP contribution in [0.3, 0.4) is 0 Å². The zero-order chi connectivity index (χ0) is 6.53. The largest absolute Gasteiger partial charge is 0.381 e. The molecule has 0 radical (unpaired) electrons. The SMILES string of the molecule is [SiH3]CCCC1CCOC1. The molecule has 1 nitrogen and oxygen atoms in total. The molecule has 2 heteroatoms. The van der Waals surface area contributed by atoms with Crippen molar-refractivity contribution in [3.05, 3.63) is 0 Å². The first-order valence-corrected chi connectivity index (χ1v) is 5.42. The van der Waals surface area contributed by atoms with Crippen LogP contribution in [0.1, 0.15) is 19.3 Å². The second kappa shape index (κ2) is 4.07. The minimum Gasteiger partial charge on any atom is -0.381 e. The van der Waals surface area contributed by atoms with Gasteiger partial charge < -0.3 is 4.74 Å². The van der Waals surface area contributed by atoms with Gasteiger partial charge in [0.2, 0.25) is 0 Å². The summed E-state index contributed by atoms with van der Waals surface area (Å²) in [5.41, 5.74) is 0. The predicted octanol–water partition coefficient (Wildman–Crippen LogP) is 0.587. The second-order valence-electron chi connectivity index (χ2n) is 2.87. The molecule has 0 aromatic rings. The monoisotopic (exact) mass is 144 g/mol. The molecule has 1 atom stereocenters. The van der Waals surface area contributed by atoms with E-state index < -0.39 is 0 Å². The van der Waals surface area contributed by atoms with Gasteiger partial charge >= 0.3 is 0 Å². The molecule has 1 rings (SSSR count). The van der Waals surface area contributed by atoms with E-state index in [-0.39, 0.29) is 0 Å². The Kier molecular flexibility index (Phi) is 3.29. The fourth-order valence-corrected chi connectivity index (χ4v) is 1.71. The molecule has 9 heavy (non-hydrogen) atoms. The zero-order valence-corrected chi connectivity index (χ0v) is 8.23. The van der Waals surface area contributed by atoms with Gasteiger partial charge in [-0.15, -0.1) is 0 Å². The summed E-state index contributed by atoms with van der Waals surface area (Å²) in [6.45, 7) is 2.06. The van der Waals surface area contributed by atoms with E-state index in [9.17, 15) is 0 Å². The van der Waals surface area contributed by atoms with Crippen molar-refractivity contribution in [2.75, 3.05) is 13.2 Å². The van der Waals surface area contributed by atoms with Crippen molar-refractivity contribution in [3.63, 3.8) is 0 Å². The average Bonchev–Trinajstić information content (AvgIpc) is 2.34. The third kappa shape index (κ3) is 2.50. The topological polar surface area (TPSA) is 9.23 Å². The number of hydrogen-bond donors (Lipinski definition) is 0. The number of ether oxygens (including phenoxy) is 1. The predicted molar refractivity (Wildman–Crippen MR) is 42.9 cm³/mol. The van der Waals surface area contributed by atoms with Crippen LogP contribution >= 0.6 is 0 Å². The molecule has 0 aromatic heterocycles. The molecule has 1 aliphatic rings. The molecule has 54 valence electrons. The minimum atomic E-state index is 0.916. The molecule has 0 aliphatic carbocycles. The maximum atomic E-state index is 5.27. The minimum absolute atomic E-state index is 0.916. The highest BCUT2D eigenvalue weighted by atomic mass is 28.1. The highest BCUT2D eigenvalue weighted by Crippen LogP contribution is 2.18. The molecule has 1 saturated heterocycles. The van der Waals surface area contributed by atoms with Crippen LogP contribution in [-0.4, -0.2) is 23.5 Å². The smallest absolute Gasteiger partial charge is 0.0495 e. The fourth-order valence-electron chi connectivity index (χ4n) is 1.30. The van der Waals surface area contributed by atoms with Crippen molar-refractivity contribution in [1.29, 1.82) is 0 Å². The van der Waals surface area contributed by atoms with Gasteiger partial charge in [-0.2, -0.15) is 0 Å². The van der Waals surface area contributed by atoms with Gasteiger partial charge in [0.15, 0.2) is 0 Å². The summed E-state index contributed by atoms with van der Waals surface area (Å²) in [6, 6.07) is 1.47. The van der Waals surface area contributed by atoms with Crippen molar-refractivity contribution in [1.82, 2.24) is 0 Å². The molecule has 1 aliphatic heterocycles. The van der Waals surface area contributed by atoms with Gasteiger partial charge in [-0.05, 0) is 18.8 Å². The van der Waals surface area contributed by atoms with Crippen LogP contribution in [0.5, 0.6) is 0 Å². The standard InChI is InChI=1S/C7H16OSi/c9-5-1-2-7-3-4-8-6-7/h7H,1-6H2,9H3. The number of hydrogen-bond acceptors (Lipinski definition) is 1. The first-order valence-electron chi connectivity index (χ1n) is 4.01. The molecule has 1 heterocycles. The lowest BCUT2D eigenvalue weighted by atomic mass is 10.0. The normalized spacial score (nSPS) is 27.3. The Labute approximate surface area is 60.2 Å². The van der Waals surface area contributed by atoms with E-state index in [2.05, 4.69) is 0 Å². The van der Waals surface area contributed by atoms with Gasteiger partial charge in [-0.25, -0.2) is 0 Å². The molecule has 0 aromatic carbocycles. The molecule has 1 unspecified atom stereocenters. The maximum absolute atomic E-state index is 5.27. The molecule has 0 bridgehead atoms. The Bertz CT molecular complexity index is 69.3. The Morgan fingerprint density at radius 2 is 2.44 bits per heavy atom. The van der Waals surface area contributed by atoms with Crippen LogP contribution < -0.4 is 0 Å². The molecule has 0 N–H and O–H groups in total. The van der Waals surface area contributed by atoms with Crippen LogP contribution in [0.15, 0.2) is 0 Å². The van der Waals surface area contributed by atoms with Crippen molar-refractivity contribution in [3.8, 4) is 0 Å². The second-order valence-corrected chi connectivity index (χ2v) is 3.87. The lowest BCUT2D eigenvalue weighted by molar-refractivity contribution is 0.184. The number of rotatable bonds is 3. The van der Waals surface area contributed by atoms with E-state index in [4.69, 9.17) is 4.74 Å². The highest BCUT2D eigenvalue weighted by molar-refractivity contribution is 6.08. The molecular weight excluding hydrogens is 128 g/mol. The summed E-state index contributed by atoms with van der Waals surface area (Å²) < 4.78 is 5.27. The van der Waals surface area contributed by atoms with Crippen LogP contribution in [0.4, 0.5) is 0 Å². The Morgan fingerprint density at radius 1 is 1.56 bits per heavy atom. The summed E-state index contributed by atoms with van der Waals surface area (Å²) in [7, 11) is 1.38. The maximum Gasteiger partial charge on any atom is 0.0495 e. The van der Waals surface area contributed by atoms with Gasteiger partial charge in [0.05, 0.1) is 0 Å². The van der Waals surface area contributed by atoms with Crippen molar-refractivity contribution >= 4 is 10.2 Å². The fraction of sp³-hybridized carbons (Fsp3) is 1.00. The van der Waals surface area contributed by atoms with Gasteiger partial charge in [0, 0.05) is 23.5 Å². The molecule has 1 fully saturated rings. The van der Waals surface area contributed by atoms with Crippen molar-refractivity contribution < 1.29 is 4.74 Å². The van der Waals surface area contributed by atoms with E-state index in [0.29, 0.717) is 0 Å². The lowest BCUT2D eigenvalue weighted by Crippen LogP contribution is -1.97. The molecule has 0 spiro atoms. The quantitative estimate of drug-likeness (QED) is 0.527. The van der Waals surface area contributed by atoms with Gasteiger partial charge in [0.1, 0.15) is 0 Å². The van der Waals surface area contributed by atoms with Crippen LogP contribution in [0, 0.1) is 5.92 Å². The summed E-state index contributed by atoms with van der Waals surface area (Å²) in [5.74, 6) is 0.916. The van der Waals surface area contributed by atoms with Crippen LogP contribution in [-0.2, 0) is 4.74 Å². The third-order valence-corrected chi connectivity index (χ3v) is 2.70. The summed E-state index contributed by atoms with van der Waals surface area (Å²) in [4.78, 5) is 0.